The second kappa shape index (κ2) is 12.8. The van der Waals surface area contributed by atoms with Crippen molar-refractivity contribution in [3.8, 4) is 16.8 Å². The third-order valence-corrected chi connectivity index (χ3v) is 13.7. The van der Waals surface area contributed by atoms with Gasteiger partial charge in [-0.05, 0) is 41.5 Å². The summed E-state index contributed by atoms with van der Waals surface area (Å²) in [5.41, 5.74) is 9.35. The number of nitrogens with zero attached hydrogens (tertiary/aromatic N) is 3. The summed E-state index contributed by atoms with van der Waals surface area (Å²) in [5.74, 6) is 1.56. The van der Waals surface area contributed by atoms with Crippen LogP contribution in [-0.4, -0.2) is 16.2 Å². The van der Waals surface area contributed by atoms with Gasteiger partial charge in [0.2, 0.25) is 0 Å². The maximum atomic E-state index is 5.22. The summed E-state index contributed by atoms with van der Waals surface area (Å²) in [4.78, 5) is 10.2. The highest BCUT2D eigenvalue weighted by Gasteiger charge is 2.24. The van der Waals surface area contributed by atoms with Gasteiger partial charge in [0.1, 0.15) is 12.0 Å². The van der Waals surface area contributed by atoms with Gasteiger partial charge in [0.05, 0.1) is 16.7 Å². The molecule has 0 saturated heterocycles. The third-order valence-electron chi connectivity index (χ3n) is 11.3. The van der Waals surface area contributed by atoms with E-state index in [9.17, 15) is 0 Å². The van der Waals surface area contributed by atoms with Crippen molar-refractivity contribution in [2.75, 3.05) is 0 Å². The zero-order valence-electron chi connectivity index (χ0n) is 30.6. The number of hydrogen-bond donors (Lipinski definition) is 1. The Hall–Kier alpha value is -6.86. The second-order valence-corrected chi connectivity index (χ2v) is 16.6. The minimum absolute atomic E-state index is 0.292. The van der Waals surface area contributed by atoms with Crippen LogP contribution in [0.1, 0.15) is 22.9 Å². The first kappa shape index (κ1) is 32.4. The lowest BCUT2D eigenvalue weighted by Crippen LogP contribution is -2.33. The Morgan fingerprint density at radius 1 is 0.474 bits per heavy atom. The summed E-state index contributed by atoms with van der Waals surface area (Å²) in [7, 11) is 0. The number of para-hydroxylation sites is 2. The van der Waals surface area contributed by atoms with Gasteiger partial charge in [-0.15, -0.1) is 22.7 Å². The zero-order valence-corrected chi connectivity index (χ0v) is 32.2. The third kappa shape index (κ3) is 5.11. The van der Waals surface area contributed by atoms with Crippen LogP contribution in [0.2, 0.25) is 0 Å². The van der Waals surface area contributed by atoms with Crippen molar-refractivity contribution in [3.05, 3.63) is 199 Å². The summed E-state index contributed by atoms with van der Waals surface area (Å²) >= 11 is 3.74. The molecule has 0 spiro atoms. The highest BCUT2D eigenvalue weighted by molar-refractivity contribution is 7.26. The first-order valence-electron chi connectivity index (χ1n) is 19.2. The molecule has 0 bridgehead atoms. The number of nitrogens with one attached hydrogen (secondary N) is 1. The molecule has 8 aromatic carbocycles. The highest BCUT2D eigenvalue weighted by Crippen LogP contribution is 2.46. The number of amidine groups is 2. The molecule has 0 saturated carbocycles. The van der Waals surface area contributed by atoms with Crippen molar-refractivity contribution in [3.63, 3.8) is 0 Å². The molecule has 4 nitrogen and oxygen atoms in total. The van der Waals surface area contributed by atoms with Gasteiger partial charge in [0.25, 0.3) is 0 Å². The number of fused-ring (bicyclic) bond motifs is 9. The lowest BCUT2D eigenvalue weighted by Gasteiger charge is -2.24. The predicted molar refractivity (Wildman–Crippen MR) is 244 cm³/mol. The van der Waals surface area contributed by atoms with E-state index in [1.165, 1.54) is 79.0 Å². The number of aromatic nitrogens is 1. The average Bonchev–Trinajstić information content (AvgIpc) is 3.96. The van der Waals surface area contributed by atoms with Gasteiger partial charge >= 0.3 is 0 Å². The molecule has 0 fully saturated rings. The molecule has 57 heavy (non-hydrogen) atoms. The van der Waals surface area contributed by atoms with E-state index in [1.54, 1.807) is 0 Å². The van der Waals surface area contributed by atoms with Gasteiger partial charge in [-0.2, -0.15) is 0 Å². The molecule has 1 unspecified atom stereocenters. The number of aliphatic imine (C=N–C) groups is 2. The van der Waals surface area contributed by atoms with Crippen LogP contribution in [0.3, 0.4) is 0 Å². The van der Waals surface area contributed by atoms with Crippen LogP contribution in [0.4, 0.5) is 0 Å². The number of thiophene rings is 2. The topological polar surface area (TPSA) is 41.7 Å². The van der Waals surface area contributed by atoms with Crippen molar-refractivity contribution in [2.45, 2.75) is 6.17 Å². The predicted octanol–water partition coefficient (Wildman–Crippen LogP) is 13.7. The standard InChI is InChI=1S/C51H32N4S2/c1-3-14-31(15-4-1)49-52-50(32-16-5-2-6-17-32)54-51(53-49)40-23-12-21-38-37-29-28-33(30-45(37)57-48(38)40)34-20-11-22-39-46-43(26-13-27-44(46)56-47(34)39)55-41-24-9-7-18-35(41)36-19-8-10-25-42(36)55/h1-30,51H,(H,52,53,54). The fourth-order valence-corrected chi connectivity index (χ4v) is 11.2. The Morgan fingerprint density at radius 3 is 1.91 bits per heavy atom. The fraction of sp³-hybridized carbons (Fsp3) is 0.0196. The summed E-state index contributed by atoms with van der Waals surface area (Å²) in [6.07, 6.45) is -0.292. The van der Waals surface area contributed by atoms with E-state index in [1.807, 2.05) is 46.9 Å². The molecular formula is C51H32N4S2. The van der Waals surface area contributed by atoms with E-state index in [2.05, 4.69) is 168 Å². The fourth-order valence-electron chi connectivity index (χ4n) is 8.70. The molecular weight excluding hydrogens is 733 g/mol. The smallest absolute Gasteiger partial charge is 0.159 e. The van der Waals surface area contributed by atoms with E-state index in [-0.39, 0.29) is 6.17 Å². The van der Waals surface area contributed by atoms with Crippen molar-refractivity contribution in [1.29, 1.82) is 0 Å². The zero-order chi connectivity index (χ0) is 37.5. The molecule has 6 heteroatoms. The van der Waals surface area contributed by atoms with Crippen LogP contribution in [-0.2, 0) is 0 Å². The van der Waals surface area contributed by atoms with Crippen LogP contribution >= 0.6 is 22.7 Å². The lowest BCUT2D eigenvalue weighted by molar-refractivity contribution is 0.680. The summed E-state index contributed by atoms with van der Waals surface area (Å²) < 4.78 is 7.56. The summed E-state index contributed by atoms with van der Waals surface area (Å²) in [6.45, 7) is 0. The van der Waals surface area contributed by atoms with Crippen molar-refractivity contribution < 1.29 is 0 Å². The van der Waals surface area contributed by atoms with E-state index in [0.29, 0.717) is 0 Å². The Morgan fingerprint density at radius 2 is 1.12 bits per heavy atom. The Bertz CT molecular complexity index is 3390. The molecule has 11 aromatic rings. The molecule has 0 radical (unpaired) electrons. The summed E-state index contributed by atoms with van der Waals surface area (Å²) in [5, 5.41) is 11.3. The van der Waals surface area contributed by atoms with Crippen LogP contribution in [0.5, 0.6) is 0 Å². The minimum atomic E-state index is -0.292. The second-order valence-electron chi connectivity index (χ2n) is 14.5. The molecule has 3 aromatic heterocycles. The maximum Gasteiger partial charge on any atom is 0.159 e. The van der Waals surface area contributed by atoms with Gasteiger partial charge in [-0.3, -0.25) is 0 Å². The lowest BCUT2D eigenvalue weighted by atomic mass is 10.0. The molecule has 1 atom stereocenters. The summed E-state index contributed by atoms with van der Waals surface area (Å²) in [6, 6.07) is 65.3. The van der Waals surface area contributed by atoms with Crippen LogP contribution in [0.25, 0.3) is 79.0 Å². The average molecular weight is 765 g/mol. The molecule has 1 aliphatic rings. The first-order valence-corrected chi connectivity index (χ1v) is 20.8. The van der Waals surface area contributed by atoms with Gasteiger partial charge in [-0.25, -0.2) is 9.98 Å². The van der Waals surface area contributed by atoms with E-state index >= 15 is 0 Å². The quantitative estimate of drug-likeness (QED) is 0.186. The van der Waals surface area contributed by atoms with Gasteiger partial charge < -0.3 is 9.88 Å². The van der Waals surface area contributed by atoms with E-state index in [4.69, 9.17) is 9.98 Å². The van der Waals surface area contributed by atoms with Crippen LogP contribution in [0, 0.1) is 0 Å². The molecule has 1 N–H and O–H groups in total. The highest BCUT2D eigenvalue weighted by atomic mass is 32.1. The SMILES string of the molecule is c1ccc(C2=NC(c3cccc4c3sc3cc(-c5cccc6c5sc5cccc(-n7c8ccccc8c8ccccc87)c56)ccc34)NC(c3ccccc3)=N2)cc1. The van der Waals surface area contributed by atoms with Crippen molar-refractivity contribution in [1.82, 2.24) is 9.88 Å². The van der Waals surface area contributed by atoms with E-state index < -0.39 is 0 Å². The molecule has 0 amide bonds. The Kier molecular flexibility index (Phi) is 7.30. The van der Waals surface area contributed by atoms with Gasteiger partial charge in [0, 0.05) is 67.8 Å². The van der Waals surface area contributed by atoms with Crippen molar-refractivity contribution >= 4 is 96.5 Å². The number of hydrogen-bond acceptors (Lipinski definition) is 5. The molecule has 4 heterocycles. The number of rotatable bonds is 5. The number of benzene rings is 8. The van der Waals surface area contributed by atoms with Crippen LogP contribution in [0.15, 0.2) is 192 Å². The van der Waals surface area contributed by atoms with Gasteiger partial charge in [-0.1, -0.05) is 152 Å². The normalized spacial score (nSPS) is 14.5. The maximum absolute atomic E-state index is 5.22. The van der Waals surface area contributed by atoms with Gasteiger partial charge in [0.15, 0.2) is 5.84 Å². The van der Waals surface area contributed by atoms with E-state index in [0.717, 1.165) is 28.4 Å². The molecule has 0 aliphatic carbocycles. The largest absolute Gasteiger partial charge is 0.344 e. The minimum Gasteiger partial charge on any atom is -0.344 e. The van der Waals surface area contributed by atoms with Crippen LogP contribution < -0.4 is 5.32 Å². The first-order chi connectivity index (χ1) is 28.3. The monoisotopic (exact) mass is 764 g/mol. The van der Waals surface area contributed by atoms with Crippen molar-refractivity contribution in [2.24, 2.45) is 9.98 Å². The molecule has 1 aliphatic heterocycles. The Balaban J connectivity index is 0.995. The Labute approximate surface area is 336 Å². The molecule has 268 valence electrons. The molecule has 12 rings (SSSR count).